The molecule has 0 aliphatic heterocycles. The molecule has 2 unspecified atom stereocenters. The van der Waals surface area contributed by atoms with Crippen LogP contribution in [0.25, 0.3) is 0 Å². The zero-order valence-corrected chi connectivity index (χ0v) is 12.6. The van der Waals surface area contributed by atoms with E-state index in [-0.39, 0.29) is 22.4 Å². The van der Waals surface area contributed by atoms with Crippen LogP contribution in [0.15, 0.2) is 16.6 Å². The van der Waals surface area contributed by atoms with E-state index in [0.29, 0.717) is 12.8 Å². The molecule has 19 heavy (non-hydrogen) atoms. The van der Waals surface area contributed by atoms with Crippen LogP contribution in [0.2, 0.25) is 0 Å². The van der Waals surface area contributed by atoms with Gasteiger partial charge in [-0.3, -0.25) is 0 Å². The molecule has 1 aromatic rings. The summed E-state index contributed by atoms with van der Waals surface area (Å²) in [6.07, 6.45) is -0.985. The van der Waals surface area contributed by atoms with Gasteiger partial charge in [-0.2, -0.15) is 0 Å². The van der Waals surface area contributed by atoms with Crippen molar-refractivity contribution in [1.29, 1.82) is 0 Å². The summed E-state index contributed by atoms with van der Waals surface area (Å²) >= 11 is 2.98. The maximum atomic E-state index is 13.8. The summed E-state index contributed by atoms with van der Waals surface area (Å²) in [5.41, 5.74) is -0.202. The lowest BCUT2D eigenvalue weighted by Gasteiger charge is -2.25. The molecule has 0 amide bonds. The second kappa shape index (κ2) is 7.31. The van der Waals surface area contributed by atoms with Crippen molar-refractivity contribution in [2.45, 2.75) is 45.3 Å². The Morgan fingerprint density at radius 3 is 2.26 bits per heavy atom. The molecule has 1 rings (SSSR count). The lowest BCUT2D eigenvalue weighted by Crippen LogP contribution is -2.35. The molecule has 0 bridgehead atoms. The van der Waals surface area contributed by atoms with Crippen molar-refractivity contribution in [2.24, 2.45) is 5.92 Å². The van der Waals surface area contributed by atoms with Gasteiger partial charge in [0.2, 0.25) is 0 Å². The van der Waals surface area contributed by atoms with Crippen LogP contribution in [-0.2, 0) is 6.42 Å². The molecular weight excluding hydrogens is 318 g/mol. The summed E-state index contributed by atoms with van der Waals surface area (Å²) < 4.78 is 27.5. The van der Waals surface area contributed by atoms with E-state index in [4.69, 9.17) is 0 Å². The quantitative estimate of drug-likeness (QED) is 0.781. The molecule has 0 spiro atoms. The average Bonchev–Trinajstić information content (AvgIpc) is 2.40. The Morgan fingerprint density at radius 2 is 1.74 bits per heavy atom. The van der Waals surface area contributed by atoms with Crippen molar-refractivity contribution in [3.05, 3.63) is 33.8 Å². The maximum absolute atomic E-state index is 13.8. The maximum Gasteiger partial charge on any atom is 0.143 e. The van der Waals surface area contributed by atoms with Crippen molar-refractivity contribution in [1.82, 2.24) is 0 Å². The molecule has 0 saturated heterocycles. The number of hydrogen-bond acceptors (Lipinski definition) is 2. The topological polar surface area (TPSA) is 40.5 Å². The molecule has 0 saturated carbocycles. The van der Waals surface area contributed by atoms with Gasteiger partial charge in [-0.05, 0) is 34.0 Å². The van der Waals surface area contributed by atoms with Gasteiger partial charge in [0.1, 0.15) is 11.6 Å². The van der Waals surface area contributed by atoms with E-state index < -0.39 is 23.8 Å². The fraction of sp³-hybridized carbons (Fsp3) is 0.571. The van der Waals surface area contributed by atoms with Crippen LogP contribution in [0.1, 0.15) is 32.3 Å². The van der Waals surface area contributed by atoms with Crippen molar-refractivity contribution >= 4 is 15.9 Å². The van der Waals surface area contributed by atoms with Gasteiger partial charge in [-0.25, -0.2) is 8.78 Å². The number of aliphatic hydroxyl groups is 2. The highest BCUT2D eigenvalue weighted by atomic mass is 79.9. The smallest absolute Gasteiger partial charge is 0.143 e. The lowest BCUT2D eigenvalue weighted by atomic mass is 9.90. The molecule has 1 aromatic carbocycles. The Kier molecular flexibility index (Phi) is 6.36. The Morgan fingerprint density at radius 1 is 1.16 bits per heavy atom. The summed E-state index contributed by atoms with van der Waals surface area (Å²) in [4.78, 5) is 0. The van der Waals surface area contributed by atoms with E-state index in [1.165, 1.54) is 6.07 Å². The third kappa shape index (κ3) is 3.97. The van der Waals surface area contributed by atoms with Crippen LogP contribution in [0.5, 0.6) is 0 Å². The zero-order chi connectivity index (χ0) is 14.6. The minimum atomic E-state index is -1.18. The molecule has 5 heteroatoms. The largest absolute Gasteiger partial charge is 0.390 e. The average molecular weight is 337 g/mol. The Hall–Kier alpha value is -0.520. The molecule has 108 valence electrons. The number of aliphatic hydroxyl groups excluding tert-OH is 2. The first-order valence-corrected chi connectivity index (χ1v) is 7.20. The van der Waals surface area contributed by atoms with E-state index in [9.17, 15) is 19.0 Å². The van der Waals surface area contributed by atoms with Gasteiger partial charge >= 0.3 is 0 Å². The fourth-order valence-electron chi connectivity index (χ4n) is 2.17. The van der Waals surface area contributed by atoms with Gasteiger partial charge < -0.3 is 10.2 Å². The number of benzene rings is 1. The highest BCUT2D eigenvalue weighted by molar-refractivity contribution is 9.10. The Labute approximate surface area is 120 Å². The fourth-order valence-corrected chi connectivity index (χ4v) is 2.54. The number of halogens is 3. The van der Waals surface area contributed by atoms with Gasteiger partial charge in [-0.1, -0.05) is 26.7 Å². The molecule has 0 aliphatic carbocycles. The summed E-state index contributed by atoms with van der Waals surface area (Å²) in [6.45, 7) is 3.81. The predicted octanol–water partition coefficient (Wildman–Crippen LogP) is 3.43. The highest BCUT2D eigenvalue weighted by Crippen LogP contribution is 2.25. The first-order chi connectivity index (χ1) is 8.92. The van der Waals surface area contributed by atoms with Crippen molar-refractivity contribution in [2.75, 3.05) is 0 Å². The number of rotatable bonds is 6. The third-order valence-electron chi connectivity index (χ3n) is 3.48. The highest BCUT2D eigenvalue weighted by Gasteiger charge is 2.26. The van der Waals surface area contributed by atoms with Crippen LogP contribution in [0.3, 0.4) is 0 Å². The van der Waals surface area contributed by atoms with Crippen LogP contribution < -0.4 is 0 Å². The van der Waals surface area contributed by atoms with Crippen molar-refractivity contribution < 1.29 is 19.0 Å². The van der Waals surface area contributed by atoms with Crippen LogP contribution >= 0.6 is 15.9 Å². The molecule has 2 N–H and O–H groups in total. The predicted molar refractivity (Wildman–Crippen MR) is 73.8 cm³/mol. The van der Waals surface area contributed by atoms with Crippen molar-refractivity contribution in [3.63, 3.8) is 0 Å². The van der Waals surface area contributed by atoms with Gasteiger partial charge in [0.05, 0.1) is 16.7 Å². The minimum Gasteiger partial charge on any atom is -0.390 e. The first kappa shape index (κ1) is 16.5. The minimum absolute atomic E-state index is 0.0757. The molecule has 0 aromatic heterocycles. The second-order valence-electron chi connectivity index (χ2n) is 4.66. The van der Waals surface area contributed by atoms with Crippen LogP contribution in [0.4, 0.5) is 8.78 Å². The second-order valence-corrected chi connectivity index (χ2v) is 5.51. The summed E-state index contributed by atoms with van der Waals surface area (Å²) in [6, 6.07) is 2.41. The molecule has 0 aliphatic rings. The molecule has 0 heterocycles. The van der Waals surface area contributed by atoms with Gasteiger partial charge in [0.15, 0.2) is 0 Å². The van der Waals surface area contributed by atoms with Crippen molar-refractivity contribution in [3.8, 4) is 0 Å². The Bertz CT molecular complexity index is 422. The first-order valence-electron chi connectivity index (χ1n) is 6.40. The van der Waals surface area contributed by atoms with Gasteiger partial charge in [-0.15, -0.1) is 0 Å². The van der Waals surface area contributed by atoms with E-state index in [2.05, 4.69) is 15.9 Å². The van der Waals surface area contributed by atoms with E-state index in [1.54, 1.807) is 0 Å². The van der Waals surface area contributed by atoms with E-state index in [1.807, 2.05) is 13.8 Å². The van der Waals surface area contributed by atoms with E-state index >= 15 is 0 Å². The standard InChI is InChI=1S/C14H19BrF2O2/c1-3-8(4-2)14(19)12(18)7-9-11(16)6-5-10(15)13(9)17/h5-6,8,12,14,18-19H,3-4,7H2,1-2H3. The number of hydrogen-bond donors (Lipinski definition) is 2. The molecule has 0 radical (unpaired) electrons. The van der Waals surface area contributed by atoms with Crippen LogP contribution in [0, 0.1) is 17.6 Å². The zero-order valence-electron chi connectivity index (χ0n) is 11.0. The van der Waals surface area contributed by atoms with Gasteiger partial charge in [0.25, 0.3) is 0 Å². The summed E-state index contributed by atoms with van der Waals surface area (Å²) in [5.74, 6) is -1.51. The normalized spacial score (nSPS) is 14.7. The lowest BCUT2D eigenvalue weighted by molar-refractivity contribution is -0.0194. The monoisotopic (exact) mass is 336 g/mol. The molecule has 0 fully saturated rings. The van der Waals surface area contributed by atoms with E-state index in [0.717, 1.165) is 6.07 Å². The summed E-state index contributed by atoms with van der Waals surface area (Å²) in [5, 5.41) is 19.9. The summed E-state index contributed by atoms with van der Waals surface area (Å²) in [7, 11) is 0. The Balaban J connectivity index is 2.88. The SMILES string of the molecule is CCC(CC)C(O)C(O)Cc1c(F)ccc(Br)c1F. The van der Waals surface area contributed by atoms with Crippen LogP contribution in [-0.4, -0.2) is 22.4 Å². The molecular formula is C14H19BrF2O2. The van der Waals surface area contributed by atoms with Gasteiger partial charge in [0, 0.05) is 12.0 Å². The molecule has 2 nitrogen and oxygen atoms in total. The molecule has 2 atom stereocenters. The third-order valence-corrected chi connectivity index (χ3v) is 4.09.